The average molecular weight is 170 g/mol. The van der Waals surface area contributed by atoms with Gasteiger partial charge >= 0.3 is 0 Å². The molecule has 1 fully saturated rings. The molecule has 2 atom stereocenters. The fourth-order valence-corrected chi connectivity index (χ4v) is 2.63. The lowest BCUT2D eigenvalue weighted by molar-refractivity contribution is 0.00712. The van der Waals surface area contributed by atoms with E-state index in [0.717, 1.165) is 12.8 Å². The van der Waals surface area contributed by atoms with Crippen molar-refractivity contribution in [3.63, 3.8) is 0 Å². The van der Waals surface area contributed by atoms with E-state index in [9.17, 15) is 5.11 Å². The summed E-state index contributed by atoms with van der Waals surface area (Å²) in [6.07, 6.45) is 3.14. The van der Waals surface area contributed by atoms with Crippen molar-refractivity contribution in [2.45, 2.75) is 53.1 Å². The molecule has 0 bridgehead atoms. The Morgan fingerprint density at radius 1 is 1.33 bits per heavy atom. The second kappa shape index (κ2) is 3.37. The van der Waals surface area contributed by atoms with Crippen molar-refractivity contribution in [1.29, 1.82) is 0 Å². The maximum absolute atomic E-state index is 9.56. The SMILES string of the molecule is CC(C)C1CC(O)CCC1(C)C. The van der Waals surface area contributed by atoms with Gasteiger partial charge in [0, 0.05) is 0 Å². The fourth-order valence-electron chi connectivity index (χ4n) is 2.63. The lowest BCUT2D eigenvalue weighted by atomic mass is 9.64. The minimum atomic E-state index is -0.0366. The first-order chi connectivity index (χ1) is 5.43. The lowest BCUT2D eigenvalue weighted by Crippen LogP contribution is -2.37. The van der Waals surface area contributed by atoms with E-state index in [1.54, 1.807) is 0 Å². The number of aliphatic hydroxyl groups is 1. The molecule has 1 saturated carbocycles. The Labute approximate surface area is 76.2 Å². The summed E-state index contributed by atoms with van der Waals surface area (Å²) in [5, 5.41) is 9.56. The molecule has 0 aliphatic heterocycles. The van der Waals surface area contributed by atoms with Gasteiger partial charge in [-0.2, -0.15) is 0 Å². The van der Waals surface area contributed by atoms with Gasteiger partial charge in [-0.25, -0.2) is 0 Å². The molecule has 0 spiro atoms. The average Bonchev–Trinajstić information content (AvgIpc) is 1.94. The maximum Gasteiger partial charge on any atom is 0.0543 e. The molecule has 0 radical (unpaired) electrons. The van der Waals surface area contributed by atoms with E-state index in [-0.39, 0.29) is 6.10 Å². The van der Waals surface area contributed by atoms with Crippen molar-refractivity contribution in [2.24, 2.45) is 17.3 Å². The molecule has 0 heterocycles. The van der Waals surface area contributed by atoms with E-state index in [2.05, 4.69) is 27.7 Å². The van der Waals surface area contributed by atoms with Gasteiger partial charge in [-0.15, -0.1) is 0 Å². The standard InChI is InChI=1S/C11H22O/c1-8(2)10-7-9(12)5-6-11(10,3)4/h8-10,12H,5-7H2,1-4H3. The lowest BCUT2D eigenvalue weighted by Gasteiger charge is -2.43. The number of rotatable bonds is 1. The van der Waals surface area contributed by atoms with Crippen molar-refractivity contribution in [1.82, 2.24) is 0 Å². The first-order valence-corrected chi connectivity index (χ1v) is 5.11. The number of hydrogen-bond donors (Lipinski definition) is 1. The van der Waals surface area contributed by atoms with E-state index < -0.39 is 0 Å². The second-order valence-electron chi connectivity index (χ2n) is 5.27. The highest BCUT2D eigenvalue weighted by atomic mass is 16.3. The number of hydrogen-bond acceptors (Lipinski definition) is 1. The van der Waals surface area contributed by atoms with Crippen molar-refractivity contribution >= 4 is 0 Å². The van der Waals surface area contributed by atoms with Gasteiger partial charge in [0.2, 0.25) is 0 Å². The molecule has 1 aliphatic carbocycles. The highest BCUT2D eigenvalue weighted by Crippen LogP contribution is 2.44. The van der Waals surface area contributed by atoms with Crippen LogP contribution in [0.3, 0.4) is 0 Å². The smallest absolute Gasteiger partial charge is 0.0543 e. The van der Waals surface area contributed by atoms with E-state index >= 15 is 0 Å². The van der Waals surface area contributed by atoms with Crippen LogP contribution in [0.2, 0.25) is 0 Å². The van der Waals surface area contributed by atoms with Gasteiger partial charge in [-0.05, 0) is 36.5 Å². The summed E-state index contributed by atoms with van der Waals surface area (Å²) >= 11 is 0. The third kappa shape index (κ3) is 2.01. The predicted molar refractivity (Wildman–Crippen MR) is 52.0 cm³/mol. The van der Waals surface area contributed by atoms with Crippen LogP contribution < -0.4 is 0 Å². The first-order valence-electron chi connectivity index (χ1n) is 5.11. The number of aliphatic hydroxyl groups excluding tert-OH is 1. The summed E-state index contributed by atoms with van der Waals surface area (Å²) in [7, 11) is 0. The minimum Gasteiger partial charge on any atom is -0.393 e. The first kappa shape index (κ1) is 10.0. The van der Waals surface area contributed by atoms with Crippen molar-refractivity contribution < 1.29 is 5.11 Å². The van der Waals surface area contributed by atoms with Crippen LogP contribution in [-0.4, -0.2) is 11.2 Å². The van der Waals surface area contributed by atoms with Crippen LogP contribution in [0.4, 0.5) is 0 Å². The molecule has 1 aliphatic rings. The van der Waals surface area contributed by atoms with Crippen LogP contribution in [0.5, 0.6) is 0 Å². The molecule has 0 aromatic carbocycles. The Morgan fingerprint density at radius 3 is 2.33 bits per heavy atom. The molecule has 72 valence electrons. The van der Waals surface area contributed by atoms with Crippen LogP contribution in [0.1, 0.15) is 47.0 Å². The molecule has 0 amide bonds. The third-order valence-corrected chi connectivity index (χ3v) is 3.46. The molecule has 1 N–H and O–H groups in total. The molecular weight excluding hydrogens is 148 g/mol. The zero-order chi connectivity index (χ0) is 9.35. The minimum absolute atomic E-state index is 0.0366. The van der Waals surface area contributed by atoms with Crippen LogP contribution in [0.15, 0.2) is 0 Å². The van der Waals surface area contributed by atoms with Gasteiger partial charge in [0.05, 0.1) is 6.10 Å². The molecule has 1 rings (SSSR count). The topological polar surface area (TPSA) is 20.2 Å². The second-order valence-corrected chi connectivity index (χ2v) is 5.27. The quantitative estimate of drug-likeness (QED) is 0.641. The molecule has 1 nitrogen and oxygen atoms in total. The predicted octanol–water partition coefficient (Wildman–Crippen LogP) is 2.83. The Morgan fingerprint density at radius 2 is 1.92 bits per heavy atom. The summed E-state index contributed by atoms with van der Waals surface area (Å²) in [5.74, 6) is 1.40. The highest BCUT2D eigenvalue weighted by molar-refractivity contribution is 4.87. The van der Waals surface area contributed by atoms with Crippen LogP contribution in [0, 0.1) is 17.3 Å². The summed E-state index contributed by atoms with van der Waals surface area (Å²) in [5.41, 5.74) is 0.438. The van der Waals surface area contributed by atoms with Gasteiger partial charge in [-0.3, -0.25) is 0 Å². The summed E-state index contributed by atoms with van der Waals surface area (Å²) in [6, 6.07) is 0. The molecule has 0 aromatic rings. The van der Waals surface area contributed by atoms with Crippen LogP contribution in [0.25, 0.3) is 0 Å². The van der Waals surface area contributed by atoms with Gasteiger partial charge in [0.15, 0.2) is 0 Å². The normalized spacial score (nSPS) is 35.5. The van der Waals surface area contributed by atoms with Gasteiger partial charge in [-0.1, -0.05) is 27.7 Å². The monoisotopic (exact) mass is 170 g/mol. The molecule has 0 saturated heterocycles. The van der Waals surface area contributed by atoms with Crippen molar-refractivity contribution in [2.75, 3.05) is 0 Å². The Kier molecular flexibility index (Phi) is 2.82. The summed E-state index contributed by atoms with van der Waals surface area (Å²) in [6.45, 7) is 9.21. The van der Waals surface area contributed by atoms with E-state index in [0.29, 0.717) is 17.3 Å². The van der Waals surface area contributed by atoms with E-state index in [1.807, 2.05) is 0 Å². The van der Waals surface area contributed by atoms with Crippen LogP contribution in [-0.2, 0) is 0 Å². The van der Waals surface area contributed by atoms with Crippen molar-refractivity contribution in [3.8, 4) is 0 Å². The maximum atomic E-state index is 9.56. The van der Waals surface area contributed by atoms with Gasteiger partial charge in [0.25, 0.3) is 0 Å². The van der Waals surface area contributed by atoms with E-state index in [1.165, 1.54) is 6.42 Å². The molecule has 0 aromatic heterocycles. The van der Waals surface area contributed by atoms with Gasteiger partial charge < -0.3 is 5.11 Å². The van der Waals surface area contributed by atoms with Gasteiger partial charge in [0.1, 0.15) is 0 Å². The Balaban J connectivity index is 2.65. The summed E-state index contributed by atoms with van der Waals surface area (Å²) in [4.78, 5) is 0. The van der Waals surface area contributed by atoms with Crippen molar-refractivity contribution in [3.05, 3.63) is 0 Å². The van der Waals surface area contributed by atoms with Crippen LogP contribution >= 0.6 is 0 Å². The molecule has 2 unspecified atom stereocenters. The molecular formula is C11H22O. The summed E-state index contributed by atoms with van der Waals surface area (Å²) < 4.78 is 0. The Hall–Kier alpha value is -0.0400. The molecule has 12 heavy (non-hydrogen) atoms. The Bertz CT molecular complexity index is 149. The molecule has 1 heteroatoms. The highest BCUT2D eigenvalue weighted by Gasteiger charge is 2.37. The largest absolute Gasteiger partial charge is 0.393 e. The van der Waals surface area contributed by atoms with E-state index in [4.69, 9.17) is 0 Å². The third-order valence-electron chi connectivity index (χ3n) is 3.46. The fraction of sp³-hybridized carbons (Fsp3) is 1.00. The zero-order valence-corrected chi connectivity index (χ0v) is 8.80. The zero-order valence-electron chi connectivity index (χ0n) is 8.80.